The molecule has 0 heterocycles. The van der Waals surface area contributed by atoms with Crippen LogP contribution in [-0.2, 0) is 9.36 Å². The molecular weight excluding hydrogens is 235 g/mol. The zero-order valence-corrected chi connectivity index (χ0v) is 9.29. The molecule has 6 nitrogen and oxygen atoms in total. The number of carbonyl (C=O) groups is 1. The summed E-state index contributed by atoms with van der Waals surface area (Å²) in [5.41, 5.74) is -1.53. The van der Waals surface area contributed by atoms with Crippen LogP contribution in [0.1, 0.15) is 6.92 Å². The van der Waals surface area contributed by atoms with Crippen molar-refractivity contribution in [3.8, 4) is 11.5 Å². The Labute approximate surface area is 91.6 Å². The first-order valence-electron chi connectivity index (χ1n) is 4.37. The van der Waals surface area contributed by atoms with Crippen LogP contribution in [0.5, 0.6) is 11.5 Å². The molecule has 1 aromatic carbocycles. The van der Waals surface area contributed by atoms with E-state index in [0.29, 0.717) is 0 Å². The summed E-state index contributed by atoms with van der Waals surface area (Å²) in [5, 5.41) is 17.7. The van der Waals surface area contributed by atoms with Gasteiger partial charge in [-0.15, -0.1) is 0 Å². The van der Waals surface area contributed by atoms with Crippen molar-refractivity contribution in [3.63, 3.8) is 0 Å². The summed E-state index contributed by atoms with van der Waals surface area (Å²) in [6.45, 7) is 1.08. The van der Waals surface area contributed by atoms with Gasteiger partial charge in [0.25, 0.3) is 0 Å². The second-order valence-electron chi connectivity index (χ2n) is 3.17. The molecular formula is C9H11O6P. The quantitative estimate of drug-likeness (QED) is 0.694. The second-order valence-corrected chi connectivity index (χ2v) is 5.25. The molecule has 0 amide bonds. The van der Waals surface area contributed by atoms with Crippen LogP contribution in [0.3, 0.4) is 0 Å². The minimum atomic E-state index is -4.29. The zero-order chi connectivity index (χ0) is 12.3. The van der Waals surface area contributed by atoms with Gasteiger partial charge < -0.3 is 19.6 Å². The van der Waals surface area contributed by atoms with Gasteiger partial charge in [0.15, 0.2) is 5.66 Å². The predicted molar refractivity (Wildman–Crippen MR) is 55.7 cm³/mol. The van der Waals surface area contributed by atoms with E-state index >= 15 is 0 Å². The van der Waals surface area contributed by atoms with Gasteiger partial charge >= 0.3 is 13.6 Å². The number of hydrogen-bond donors (Lipinski definition) is 3. The summed E-state index contributed by atoms with van der Waals surface area (Å²) < 4.78 is 16.2. The van der Waals surface area contributed by atoms with E-state index in [0.717, 1.165) is 13.0 Å². The van der Waals surface area contributed by atoms with Gasteiger partial charge in [-0.3, -0.25) is 4.79 Å². The van der Waals surface area contributed by atoms with E-state index in [1.807, 2.05) is 0 Å². The van der Waals surface area contributed by atoms with Crippen molar-refractivity contribution in [2.75, 3.05) is 0 Å². The van der Waals surface area contributed by atoms with Crippen LogP contribution in [0.25, 0.3) is 0 Å². The standard InChI is InChI=1S/C9H11O6P/c1-6(9(11)12)16(13,14)15-8-4-2-3-7(10)5-8/h2-6,10H,1H3,(H,11,12)(H,13,14). The van der Waals surface area contributed by atoms with Crippen molar-refractivity contribution in [2.45, 2.75) is 12.6 Å². The van der Waals surface area contributed by atoms with Crippen LogP contribution in [-0.4, -0.2) is 26.7 Å². The van der Waals surface area contributed by atoms with Crippen molar-refractivity contribution in [3.05, 3.63) is 24.3 Å². The molecule has 1 aromatic rings. The number of carboxylic acids is 1. The molecule has 88 valence electrons. The first kappa shape index (κ1) is 12.5. The summed E-state index contributed by atoms with van der Waals surface area (Å²) in [7, 11) is -4.29. The Morgan fingerprint density at radius 2 is 2.12 bits per heavy atom. The van der Waals surface area contributed by atoms with Crippen LogP contribution in [0, 0.1) is 0 Å². The normalized spacial score (nSPS) is 16.1. The van der Waals surface area contributed by atoms with E-state index in [4.69, 9.17) is 10.2 Å². The molecule has 0 radical (unpaired) electrons. The summed E-state index contributed by atoms with van der Waals surface area (Å²) in [4.78, 5) is 19.9. The summed E-state index contributed by atoms with van der Waals surface area (Å²) in [6, 6.07) is 5.24. The van der Waals surface area contributed by atoms with Crippen LogP contribution < -0.4 is 4.52 Å². The highest BCUT2D eigenvalue weighted by atomic mass is 31.2. The highest BCUT2D eigenvalue weighted by molar-refractivity contribution is 7.55. The minimum absolute atomic E-state index is 0.0565. The van der Waals surface area contributed by atoms with Crippen molar-refractivity contribution < 1.29 is 29.0 Å². The number of phenolic OH excluding ortho intramolecular Hbond substituents is 1. The molecule has 0 fully saturated rings. The molecule has 0 bridgehead atoms. The van der Waals surface area contributed by atoms with E-state index in [1.54, 1.807) is 0 Å². The lowest BCUT2D eigenvalue weighted by molar-refractivity contribution is -0.136. The molecule has 16 heavy (non-hydrogen) atoms. The number of aromatic hydroxyl groups is 1. The molecule has 0 saturated carbocycles. The van der Waals surface area contributed by atoms with Gasteiger partial charge in [-0.1, -0.05) is 6.07 Å². The molecule has 1 rings (SSSR count). The van der Waals surface area contributed by atoms with Crippen LogP contribution >= 0.6 is 7.60 Å². The zero-order valence-electron chi connectivity index (χ0n) is 8.40. The minimum Gasteiger partial charge on any atom is -0.508 e. The number of carboxylic acid groups (broad SMARTS) is 1. The summed E-state index contributed by atoms with van der Waals surface area (Å²) in [6.07, 6.45) is 0. The Morgan fingerprint density at radius 3 is 2.62 bits per heavy atom. The summed E-state index contributed by atoms with van der Waals surface area (Å²) >= 11 is 0. The third-order valence-electron chi connectivity index (χ3n) is 1.90. The lowest BCUT2D eigenvalue weighted by atomic mass is 10.3. The van der Waals surface area contributed by atoms with Crippen LogP contribution in [0.4, 0.5) is 0 Å². The van der Waals surface area contributed by atoms with Gasteiger partial charge in [0.2, 0.25) is 0 Å². The molecule has 0 spiro atoms. The number of hydrogen-bond acceptors (Lipinski definition) is 4. The second kappa shape index (κ2) is 4.55. The Morgan fingerprint density at radius 1 is 1.50 bits per heavy atom. The predicted octanol–water partition coefficient (Wildman–Crippen LogP) is 1.43. The lowest BCUT2D eigenvalue weighted by Gasteiger charge is -2.16. The average molecular weight is 246 g/mol. The number of phenols is 1. The molecule has 0 aliphatic heterocycles. The summed E-state index contributed by atoms with van der Waals surface area (Å²) in [5.74, 6) is -1.62. The van der Waals surface area contributed by atoms with Crippen LogP contribution in [0.2, 0.25) is 0 Å². The molecule has 0 aliphatic rings. The van der Waals surface area contributed by atoms with Gasteiger partial charge in [0.1, 0.15) is 11.5 Å². The molecule has 0 aliphatic carbocycles. The number of aliphatic carboxylic acids is 1. The highest BCUT2D eigenvalue weighted by Gasteiger charge is 2.35. The molecule has 7 heteroatoms. The Hall–Kier alpha value is -1.52. The highest BCUT2D eigenvalue weighted by Crippen LogP contribution is 2.47. The first-order chi connectivity index (χ1) is 7.33. The monoisotopic (exact) mass is 246 g/mol. The van der Waals surface area contributed by atoms with Gasteiger partial charge in [-0.25, -0.2) is 4.57 Å². The Bertz CT molecular complexity index is 443. The van der Waals surface area contributed by atoms with Crippen molar-refractivity contribution in [2.24, 2.45) is 0 Å². The lowest BCUT2D eigenvalue weighted by Crippen LogP contribution is -2.18. The molecule has 2 atom stereocenters. The smallest absolute Gasteiger partial charge is 0.390 e. The van der Waals surface area contributed by atoms with E-state index in [1.165, 1.54) is 18.2 Å². The fourth-order valence-electron chi connectivity index (χ4n) is 0.910. The van der Waals surface area contributed by atoms with Crippen molar-refractivity contribution >= 4 is 13.6 Å². The van der Waals surface area contributed by atoms with E-state index in [2.05, 4.69) is 4.52 Å². The fourth-order valence-corrected chi connectivity index (χ4v) is 1.76. The van der Waals surface area contributed by atoms with Crippen molar-refractivity contribution in [1.82, 2.24) is 0 Å². The molecule has 3 N–H and O–H groups in total. The maximum Gasteiger partial charge on any atom is 0.390 e. The topological polar surface area (TPSA) is 104 Å². The van der Waals surface area contributed by atoms with Crippen molar-refractivity contribution in [1.29, 1.82) is 0 Å². The fraction of sp³-hybridized carbons (Fsp3) is 0.222. The molecule has 2 unspecified atom stereocenters. The number of benzene rings is 1. The van der Waals surface area contributed by atoms with Gasteiger partial charge in [-0.05, 0) is 19.1 Å². The van der Waals surface area contributed by atoms with Crippen LogP contribution in [0.15, 0.2) is 24.3 Å². The van der Waals surface area contributed by atoms with Gasteiger partial charge in [-0.2, -0.15) is 0 Å². The third kappa shape index (κ3) is 2.98. The largest absolute Gasteiger partial charge is 0.508 e. The first-order valence-corrected chi connectivity index (χ1v) is 6.01. The van der Waals surface area contributed by atoms with E-state index in [9.17, 15) is 14.3 Å². The SMILES string of the molecule is CC(C(=O)O)P(=O)(O)Oc1cccc(O)c1. The van der Waals surface area contributed by atoms with Gasteiger partial charge in [0.05, 0.1) is 0 Å². The van der Waals surface area contributed by atoms with Gasteiger partial charge in [0, 0.05) is 6.07 Å². The molecule has 0 aromatic heterocycles. The Balaban J connectivity index is 2.88. The average Bonchev–Trinajstić information content (AvgIpc) is 2.15. The maximum absolute atomic E-state index is 11.5. The van der Waals surface area contributed by atoms with E-state index in [-0.39, 0.29) is 11.5 Å². The van der Waals surface area contributed by atoms with E-state index < -0.39 is 19.2 Å². The third-order valence-corrected chi connectivity index (χ3v) is 3.57. The molecule has 0 saturated heterocycles. The number of rotatable bonds is 4. The maximum atomic E-state index is 11.5. The Kier molecular flexibility index (Phi) is 3.57.